The van der Waals surface area contributed by atoms with Gasteiger partial charge in [0.1, 0.15) is 0 Å². The van der Waals surface area contributed by atoms with E-state index in [9.17, 15) is 4.79 Å². The van der Waals surface area contributed by atoms with E-state index in [0.29, 0.717) is 6.04 Å². The Labute approximate surface area is 117 Å². The molecule has 2 aromatic rings. The molecular formula is C15H18N2OS. The predicted octanol–water partition coefficient (Wildman–Crippen LogP) is 3.56. The van der Waals surface area contributed by atoms with Gasteiger partial charge in [0.2, 0.25) is 5.91 Å². The molecular weight excluding hydrogens is 256 g/mol. The fourth-order valence-electron chi connectivity index (χ4n) is 1.82. The summed E-state index contributed by atoms with van der Waals surface area (Å²) in [5.41, 5.74) is 2.04. The van der Waals surface area contributed by atoms with Crippen LogP contribution in [0.4, 0.5) is 5.69 Å². The first kappa shape index (κ1) is 13.8. The quantitative estimate of drug-likeness (QED) is 0.875. The molecule has 0 aliphatic heterocycles. The van der Waals surface area contributed by atoms with Crippen molar-refractivity contribution >= 4 is 22.9 Å². The SMILES string of the molecule is CC(=O)Nc1ccc(CN[C@@H](C)c2cccs2)cc1. The number of nitrogens with one attached hydrogen (secondary N) is 2. The minimum Gasteiger partial charge on any atom is -0.326 e. The summed E-state index contributed by atoms with van der Waals surface area (Å²) in [6.07, 6.45) is 0. The first-order valence-electron chi connectivity index (χ1n) is 6.28. The van der Waals surface area contributed by atoms with E-state index < -0.39 is 0 Å². The summed E-state index contributed by atoms with van der Waals surface area (Å²) in [7, 11) is 0. The maximum atomic E-state index is 10.9. The molecule has 1 heterocycles. The van der Waals surface area contributed by atoms with Crippen molar-refractivity contribution in [3.05, 3.63) is 52.2 Å². The van der Waals surface area contributed by atoms with Gasteiger partial charge in [0.25, 0.3) is 0 Å². The topological polar surface area (TPSA) is 41.1 Å². The molecule has 1 aromatic heterocycles. The van der Waals surface area contributed by atoms with Crippen LogP contribution in [0.5, 0.6) is 0 Å². The van der Waals surface area contributed by atoms with Crippen LogP contribution >= 0.6 is 11.3 Å². The van der Waals surface area contributed by atoms with Crippen LogP contribution in [0.25, 0.3) is 0 Å². The van der Waals surface area contributed by atoms with Crippen molar-refractivity contribution in [1.29, 1.82) is 0 Å². The number of carbonyl (C=O) groups excluding carboxylic acids is 1. The Bertz CT molecular complexity index is 520. The molecule has 1 aromatic carbocycles. The summed E-state index contributed by atoms with van der Waals surface area (Å²) >= 11 is 1.77. The normalized spacial score (nSPS) is 12.1. The first-order valence-corrected chi connectivity index (χ1v) is 7.16. The number of hydrogen-bond acceptors (Lipinski definition) is 3. The van der Waals surface area contributed by atoms with Crippen molar-refractivity contribution in [2.24, 2.45) is 0 Å². The molecule has 0 radical (unpaired) electrons. The molecule has 3 nitrogen and oxygen atoms in total. The molecule has 0 saturated carbocycles. The van der Waals surface area contributed by atoms with Crippen LogP contribution in [0.3, 0.4) is 0 Å². The third kappa shape index (κ3) is 4.19. The minimum absolute atomic E-state index is 0.0443. The van der Waals surface area contributed by atoms with E-state index in [0.717, 1.165) is 12.2 Å². The van der Waals surface area contributed by atoms with E-state index in [4.69, 9.17) is 0 Å². The smallest absolute Gasteiger partial charge is 0.221 e. The second-order valence-electron chi connectivity index (χ2n) is 4.50. The van der Waals surface area contributed by atoms with E-state index in [-0.39, 0.29) is 5.91 Å². The summed E-state index contributed by atoms with van der Waals surface area (Å²) in [5.74, 6) is -0.0443. The lowest BCUT2D eigenvalue weighted by atomic mass is 10.2. The van der Waals surface area contributed by atoms with Crippen molar-refractivity contribution < 1.29 is 4.79 Å². The molecule has 0 saturated heterocycles. The van der Waals surface area contributed by atoms with Gasteiger partial charge >= 0.3 is 0 Å². The second kappa shape index (κ2) is 6.50. The monoisotopic (exact) mass is 274 g/mol. The molecule has 100 valence electrons. The molecule has 0 bridgehead atoms. The maximum absolute atomic E-state index is 10.9. The lowest BCUT2D eigenvalue weighted by molar-refractivity contribution is -0.114. The Balaban J connectivity index is 1.88. The van der Waals surface area contributed by atoms with Gasteiger partial charge in [0.05, 0.1) is 0 Å². The van der Waals surface area contributed by atoms with Gasteiger partial charge < -0.3 is 10.6 Å². The average Bonchev–Trinajstić information content (AvgIpc) is 2.91. The number of benzene rings is 1. The summed E-state index contributed by atoms with van der Waals surface area (Å²) in [4.78, 5) is 12.3. The molecule has 0 unspecified atom stereocenters. The predicted molar refractivity (Wildman–Crippen MR) is 80.3 cm³/mol. The Kier molecular flexibility index (Phi) is 4.71. The van der Waals surface area contributed by atoms with Crippen LogP contribution in [0.1, 0.15) is 30.3 Å². The number of amides is 1. The van der Waals surface area contributed by atoms with E-state index in [1.807, 2.05) is 24.3 Å². The number of carbonyl (C=O) groups is 1. The number of rotatable bonds is 5. The molecule has 2 rings (SSSR count). The third-order valence-electron chi connectivity index (χ3n) is 2.86. The fourth-order valence-corrected chi connectivity index (χ4v) is 2.58. The van der Waals surface area contributed by atoms with Gasteiger partial charge in [0, 0.05) is 30.1 Å². The van der Waals surface area contributed by atoms with Crippen LogP contribution in [0.2, 0.25) is 0 Å². The second-order valence-corrected chi connectivity index (χ2v) is 5.48. The van der Waals surface area contributed by atoms with Crippen molar-refractivity contribution in [2.45, 2.75) is 26.4 Å². The Morgan fingerprint density at radius 2 is 2.00 bits per heavy atom. The standard InChI is InChI=1S/C15H18N2OS/c1-11(15-4-3-9-19-15)16-10-13-5-7-14(8-6-13)17-12(2)18/h3-9,11,16H,10H2,1-2H3,(H,17,18)/t11-/m0/s1. The minimum atomic E-state index is -0.0443. The fraction of sp³-hybridized carbons (Fsp3) is 0.267. The van der Waals surface area contributed by atoms with Crippen LogP contribution in [-0.4, -0.2) is 5.91 Å². The van der Waals surface area contributed by atoms with Gasteiger partial charge in [0.15, 0.2) is 0 Å². The summed E-state index contributed by atoms with van der Waals surface area (Å²) in [6, 6.07) is 12.5. The van der Waals surface area contributed by atoms with E-state index in [1.54, 1.807) is 11.3 Å². The highest BCUT2D eigenvalue weighted by atomic mass is 32.1. The number of thiophene rings is 1. The van der Waals surface area contributed by atoms with E-state index in [1.165, 1.54) is 17.4 Å². The molecule has 0 aliphatic carbocycles. The van der Waals surface area contributed by atoms with Gasteiger partial charge in [-0.1, -0.05) is 18.2 Å². The molecule has 4 heteroatoms. The maximum Gasteiger partial charge on any atom is 0.221 e. The first-order chi connectivity index (χ1) is 9.15. The Hall–Kier alpha value is -1.65. The van der Waals surface area contributed by atoms with Gasteiger partial charge in [-0.15, -0.1) is 11.3 Å². The third-order valence-corrected chi connectivity index (χ3v) is 3.91. The molecule has 1 amide bonds. The van der Waals surface area contributed by atoms with E-state index in [2.05, 4.69) is 35.1 Å². The average molecular weight is 274 g/mol. The summed E-state index contributed by atoms with van der Waals surface area (Å²) < 4.78 is 0. The molecule has 2 N–H and O–H groups in total. The Morgan fingerprint density at radius 3 is 2.58 bits per heavy atom. The Morgan fingerprint density at radius 1 is 1.26 bits per heavy atom. The lowest BCUT2D eigenvalue weighted by Gasteiger charge is -2.12. The van der Waals surface area contributed by atoms with Gasteiger partial charge in [-0.3, -0.25) is 4.79 Å². The van der Waals surface area contributed by atoms with Gasteiger partial charge in [-0.2, -0.15) is 0 Å². The van der Waals surface area contributed by atoms with E-state index >= 15 is 0 Å². The lowest BCUT2D eigenvalue weighted by Crippen LogP contribution is -2.17. The molecule has 0 fully saturated rings. The molecule has 1 atom stereocenters. The molecule has 0 aliphatic rings. The van der Waals surface area contributed by atoms with Gasteiger partial charge in [-0.25, -0.2) is 0 Å². The molecule has 0 spiro atoms. The highest BCUT2D eigenvalue weighted by Crippen LogP contribution is 2.18. The van der Waals surface area contributed by atoms with Crippen molar-refractivity contribution in [3.8, 4) is 0 Å². The largest absolute Gasteiger partial charge is 0.326 e. The van der Waals surface area contributed by atoms with Gasteiger partial charge in [-0.05, 0) is 36.1 Å². The summed E-state index contributed by atoms with van der Waals surface area (Å²) in [6.45, 7) is 4.50. The van der Waals surface area contributed by atoms with Crippen LogP contribution in [0, 0.1) is 0 Å². The number of hydrogen-bond donors (Lipinski definition) is 2. The zero-order valence-corrected chi connectivity index (χ0v) is 12.0. The zero-order chi connectivity index (χ0) is 13.7. The van der Waals surface area contributed by atoms with Crippen molar-refractivity contribution in [1.82, 2.24) is 5.32 Å². The van der Waals surface area contributed by atoms with Crippen molar-refractivity contribution in [2.75, 3.05) is 5.32 Å². The highest BCUT2D eigenvalue weighted by molar-refractivity contribution is 7.10. The summed E-state index contributed by atoms with van der Waals surface area (Å²) in [5, 5.41) is 8.34. The van der Waals surface area contributed by atoms with Crippen LogP contribution in [-0.2, 0) is 11.3 Å². The zero-order valence-electron chi connectivity index (χ0n) is 11.1. The highest BCUT2D eigenvalue weighted by Gasteiger charge is 2.05. The van der Waals surface area contributed by atoms with Crippen LogP contribution < -0.4 is 10.6 Å². The van der Waals surface area contributed by atoms with Crippen LogP contribution in [0.15, 0.2) is 41.8 Å². The van der Waals surface area contributed by atoms with Crippen molar-refractivity contribution in [3.63, 3.8) is 0 Å². The number of anilines is 1. The molecule has 19 heavy (non-hydrogen) atoms.